The van der Waals surface area contributed by atoms with E-state index in [1.807, 2.05) is 30.3 Å². The minimum atomic E-state index is -0.400. The maximum Gasteiger partial charge on any atom is 0.306 e. The number of aryl methyl sites for hydroxylation is 1. The Bertz CT molecular complexity index is 1000. The molecule has 160 valence electrons. The van der Waals surface area contributed by atoms with Crippen molar-refractivity contribution in [2.45, 2.75) is 25.7 Å². The molecule has 0 saturated heterocycles. The summed E-state index contributed by atoms with van der Waals surface area (Å²) in [5.74, 6) is -0.904. The van der Waals surface area contributed by atoms with E-state index in [1.54, 1.807) is 36.4 Å². The number of carbonyl (C=O) groups is 3. The van der Waals surface area contributed by atoms with Crippen molar-refractivity contribution in [2.75, 3.05) is 17.2 Å². The van der Waals surface area contributed by atoms with Gasteiger partial charge in [-0.25, -0.2) is 0 Å². The number of furan rings is 1. The lowest BCUT2D eigenvalue weighted by molar-refractivity contribution is -0.144. The first-order valence-electron chi connectivity index (χ1n) is 10.0. The van der Waals surface area contributed by atoms with Gasteiger partial charge in [-0.15, -0.1) is 0 Å². The summed E-state index contributed by atoms with van der Waals surface area (Å²) in [6.07, 6.45) is 3.01. The van der Waals surface area contributed by atoms with Gasteiger partial charge >= 0.3 is 5.97 Å². The summed E-state index contributed by atoms with van der Waals surface area (Å²) in [6.45, 7) is 0.326. The highest BCUT2D eigenvalue weighted by molar-refractivity contribution is 6.02. The maximum absolute atomic E-state index is 12.1. The minimum Gasteiger partial charge on any atom is -0.466 e. The Morgan fingerprint density at radius 2 is 1.61 bits per heavy atom. The van der Waals surface area contributed by atoms with Crippen LogP contribution in [0.25, 0.3) is 0 Å². The molecule has 7 nitrogen and oxygen atoms in total. The second kappa shape index (κ2) is 11.3. The van der Waals surface area contributed by atoms with E-state index in [0.29, 0.717) is 18.0 Å². The number of esters is 1. The monoisotopic (exact) mass is 420 g/mol. The minimum absolute atomic E-state index is 0.00604. The van der Waals surface area contributed by atoms with E-state index >= 15 is 0 Å². The van der Waals surface area contributed by atoms with Gasteiger partial charge in [-0.05, 0) is 48.7 Å². The topological polar surface area (TPSA) is 97.6 Å². The summed E-state index contributed by atoms with van der Waals surface area (Å²) in [7, 11) is 0. The Morgan fingerprint density at radius 1 is 0.839 bits per heavy atom. The molecule has 0 fully saturated rings. The van der Waals surface area contributed by atoms with Gasteiger partial charge in [0.1, 0.15) is 0 Å². The molecule has 0 bridgehead atoms. The van der Waals surface area contributed by atoms with Crippen molar-refractivity contribution in [1.29, 1.82) is 0 Å². The van der Waals surface area contributed by atoms with Crippen molar-refractivity contribution in [2.24, 2.45) is 0 Å². The standard InChI is InChI=1S/C24H24N2O5/c27-22(13-14-23(28)31-16-5-9-18-7-2-1-3-8-18)25-19-10-4-11-20(17-19)26-24(29)21-12-6-15-30-21/h1-4,6-8,10-12,15,17H,5,9,13-14,16H2,(H,25,27)(H,26,29). The molecular formula is C24H24N2O5. The van der Waals surface area contributed by atoms with Crippen LogP contribution >= 0.6 is 0 Å². The second-order valence-corrected chi connectivity index (χ2v) is 6.87. The lowest BCUT2D eigenvalue weighted by Crippen LogP contribution is -2.15. The fourth-order valence-corrected chi connectivity index (χ4v) is 2.89. The Balaban J connectivity index is 1.36. The lowest BCUT2D eigenvalue weighted by atomic mass is 10.1. The third-order valence-corrected chi connectivity index (χ3v) is 4.42. The molecule has 0 saturated carbocycles. The average molecular weight is 420 g/mol. The molecule has 0 aliphatic carbocycles. The number of rotatable bonds is 10. The number of benzene rings is 2. The van der Waals surface area contributed by atoms with Crippen LogP contribution < -0.4 is 10.6 Å². The largest absolute Gasteiger partial charge is 0.466 e. The van der Waals surface area contributed by atoms with Crippen LogP contribution in [0.5, 0.6) is 0 Å². The smallest absolute Gasteiger partial charge is 0.306 e. The van der Waals surface area contributed by atoms with Gasteiger partial charge < -0.3 is 19.8 Å². The summed E-state index contributed by atoms with van der Waals surface area (Å²) in [6, 6.07) is 19.9. The van der Waals surface area contributed by atoms with E-state index in [4.69, 9.17) is 9.15 Å². The Morgan fingerprint density at radius 3 is 2.35 bits per heavy atom. The van der Waals surface area contributed by atoms with E-state index in [1.165, 1.54) is 11.8 Å². The first kappa shape index (κ1) is 21.8. The number of amides is 2. The van der Waals surface area contributed by atoms with Crippen LogP contribution in [-0.2, 0) is 20.7 Å². The zero-order valence-corrected chi connectivity index (χ0v) is 17.0. The van der Waals surface area contributed by atoms with Crippen LogP contribution in [0.1, 0.15) is 35.4 Å². The highest BCUT2D eigenvalue weighted by Gasteiger charge is 2.11. The third-order valence-electron chi connectivity index (χ3n) is 4.42. The molecule has 0 radical (unpaired) electrons. The van der Waals surface area contributed by atoms with E-state index in [0.717, 1.165) is 12.8 Å². The van der Waals surface area contributed by atoms with Gasteiger partial charge in [0.05, 0.1) is 19.3 Å². The van der Waals surface area contributed by atoms with Gasteiger partial charge in [-0.3, -0.25) is 14.4 Å². The van der Waals surface area contributed by atoms with Crippen LogP contribution in [-0.4, -0.2) is 24.4 Å². The summed E-state index contributed by atoms with van der Waals surface area (Å²) in [5.41, 5.74) is 2.22. The molecule has 31 heavy (non-hydrogen) atoms. The SMILES string of the molecule is O=C(CCC(=O)OCCCc1ccccc1)Nc1cccc(NC(=O)c2ccco2)c1. The lowest BCUT2D eigenvalue weighted by Gasteiger charge is -2.08. The quantitative estimate of drug-likeness (QED) is 0.374. The molecular weight excluding hydrogens is 396 g/mol. The molecule has 1 heterocycles. The van der Waals surface area contributed by atoms with Crippen LogP contribution in [0, 0.1) is 0 Å². The molecule has 7 heteroatoms. The van der Waals surface area contributed by atoms with Crippen LogP contribution in [0.4, 0.5) is 11.4 Å². The van der Waals surface area contributed by atoms with E-state index in [9.17, 15) is 14.4 Å². The Kier molecular flexibility index (Phi) is 7.99. The number of carbonyl (C=O) groups excluding carboxylic acids is 3. The molecule has 0 atom stereocenters. The van der Waals surface area contributed by atoms with Crippen LogP contribution in [0.3, 0.4) is 0 Å². The predicted octanol–water partition coefficient (Wildman–Crippen LogP) is 4.43. The summed E-state index contributed by atoms with van der Waals surface area (Å²) in [5, 5.41) is 5.40. The summed E-state index contributed by atoms with van der Waals surface area (Å²) < 4.78 is 10.2. The molecule has 2 amide bonds. The highest BCUT2D eigenvalue weighted by atomic mass is 16.5. The summed E-state index contributed by atoms with van der Waals surface area (Å²) >= 11 is 0. The Labute approximate surface area is 180 Å². The maximum atomic E-state index is 12.1. The van der Waals surface area contributed by atoms with Gasteiger partial charge in [0.2, 0.25) is 5.91 Å². The number of nitrogens with one attached hydrogen (secondary N) is 2. The van der Waals surface area contributed by atoms with Gasteiger partial charge in [0, 0.05) is 17.8 Å². The fourth-order valence-electron chi connectivity index (χ4n) is 2.89. The zero-order valence-electron chi connectivity index (χ0n) is 17.0. The molecule has 0 spiro atoms. The predicted molar refractivity (Wildman–Crippen MR) is 117 cm³/mol. The van der Waals surface area contributed by atoms with Crippen LogP contribution in [0.15, 0.2) is 77.4 Å². The van der Waals surface area contributed by atoms with Crippen molar-refractivity contribution < 1.29 is 23.5 Å². The average Bonchev–Trinajstić information content (AvgIpc) is 3.31. The van der Waals surface area contributed by atoms with Crippen molar-refractivity contribution >= 4 is 29.2 Å². The number of hydrogen-bond donors (Lipinski definition) is 2. The van der Waals surface area contributed by atoms with Crippen molar-refractivity contribution in [3.05, 3.63) is 84.3 Å². The van der Waals surface area contributed by atoms with E-state index in [-0.39, 0.29) is 30.4 Å². The van der Waals surface area contributed by atoms with Crippen molar-refractivity contribution in [3.8, 4) is 0 Å². The number of anilines is 2. The van der Waals surface area contributed by atoms with Crippen LogP contribution in [0.2, 0.25) is 0 Å². The molecule has 0 aliphatic rings. The van der Waals surface area contributed by atoms with E-state index in [2.05, 4.69) is 10.6 Å². The van der Waals surface area contributed by atoms with Crippen molar-refractivity contribution in [3.63, 3.8) is 0 Å². The molecule has 0 unspecified atom stereocenters. The molecule has 1 aromatic heterocycles. The van der Waals surface area contributed by atoms with E-state index < -0.39 is 5.97 Å². The van der Waals surface area contributed by atoms with Gasteiger partial charge in [-0.2, -0.15) is 0 Å². The van der Waals surface area contributed by atoms with Crippen molar-refractivity contribution in [1.82, 2.24) is 0 Å². The van der Waals surface area contributed by atoms with Gasteiger partial charge in [-0.1, -0.05) is 36.4 Å². The molecule has 3 aromatic rings. The van der Waals surface area contributed by atoms with Gasteiger partial charge in [0.25, 0.3) is 5.91 Å². The molecule has 3 rings (SSSR count). The number of ether oxygens (including phenoxy) is 1. The first-order chi connectivity index (χ1) is 15.1. The third kappa shape index (κ3) is 7.47. The normalized spacial score (nSPS) is 10.3. The number of hydrogen-bond acceptors (Lipinski definition) is 5. The highest BCUT2D eigenvalue weighted by Crippen LogP contribution is 2.17. The Hall–Kier alpha value is -3.87. The fraction of sp³-hybridized carbons (Fsp3) is 0.208. The molecule has 2 aromatic carbocycles. The molecule has 0 aliphatic heterocycles. The second-order valence-electron chi connectivity index (χ2n) is 6.87. The molecule has 2 N–H and O–H groups in total. The first-order valence-corrected chi connectivity index (χ1v) is 10.0. The van der Waals surface area contributed by atoms with Gasteiger partial charge in [0.15, 0.2) is 5.76 Å². The zero-order chi connectivity index (χ0) is 21.9. The summed E-state index contributed by atoms with van der Waals surface area (Å²) in [4.78, 5) is 36.0.